The molecule has 0 atom stereocenters. The monoisotopic (exact) mass is 264 g/mol. The molecule has 5 nitrogen and oxygen atoms in total. The fourth-order valence-electron chi connectivity index (χ4n) is 1.64. The quantitative estimate of drug-likeness (QED) is 0.859. The number of amides is 2. The third-order valence-electron chi connectivity index (χ3n) is 2.39. The Hall–Kier alpha value is -2.04. The lowest BCUT2D eigenvalue weighted by Gasteiger charge is -2.12. The van der Waals surface area contributed by atoms with Crippen molar-refractivity contribution in [3.63, 3.8) is 0 Å². The number of benzene rings is 1. The molecule has 5 heteroatoms. The molecule has 0 saturated heterocycles. The topological polar surface area (TPSA) is 67.4 Å². The number of ether oxygens (including phenoxy) is 1. The molecule has 0 unspecified atom stereocenters. The van der Waals surface area contributed by atoms with Gasteiger partial charge in [-0.05, 0) is 18.1 Å². The number of methoxy groups -OCH3 is 1. The molecular weight excluding hydrogens is 244 g/mol. The average molecular weight is 264 g/mol. The number of anilines is 2. The fraction of sp³-hybridized carbons (Fsp3) is 0.429. The van der Waals surface area contributed by atoms with E-state index in [4.69, 9.17) is 4.74 Å². The third-order valence-corrected chi connectivity index (χ3v) is 2.39. The van der Waals surface area contributed by atoms with E-state index in [1.807, 2.05) is 13.8 Å². The largest absolute Gasteiger partial charge is 0.494 e. The van der Waals surface area contributed by atoms with E-state index in [1.165, 1.54) is 14.0 Å². The number of carbonyl (C=O) groups excluding carboxylic acids is 2. The van der Waals surface area contributed by atoms with Gasteiger partial charge in [0.1, 0.15) is 5.75 Å². The van der Waals surface area contributed by atoms with Crippen LogP contribution in [0.25, 0.3) is 0 Å². The summed E-state index contributed by atoms with van der Waals surface area (Å²) in [4.78, 5) is 22.7. The van der Waals surface area contributed by atoms with Crippen molar-refractivity contribution < 1.29 is 14.3 Å². The Morgan fingerprint density at radius 2 is 1.95 bits per heavy atom. The van der Waals surface area contributed by atoms with Gasteiger partial charge in [-0.25, -0.2) is 0 Å². The van der Waals surface area contributed by atoms with Crippen molar-refractivity contribution in [1.82, 2.24) is 0 Å². The summed E-state index contributed by atoms with van der Waals surface area (Å²) in [6.45, 7) is 5.40. The molecule has 2 amide bonds. The van der Waals surface area contributed by atoms with Crippen LogP contribution in [-0.2, 0) is 9.59 Å². The van der Waals surface area contributed by atoms with Crippen molar-refractivity contribution in [3.8, 4) is 5.75 Å². The first-order chi connectivity index (χ1) is 8.92. The van der Waals surface area contributed by atoms with E-state index in [9.17, 15) is 9.59 Å². The van der Waals surface area contributed by atoms with Crippen LogP contribution in [0.5, 0.6) is 5.75 Å². The van der Waals surface area contributed by atoms with Gasteiger partial charge < -0.3 is 15.4 Å². The fourth-order valence-corrected chi connectivity index (χ4v) is 1.64. The van der Waals surface area contributed by atoms with Crippen LogP contribution in [-0.4, -0.2) is 18.9 Å². The first-order valence-corrected chi connectivity index (χ1v) is 6.18. The Balaban J connectivity index is 2.82. The van der Waals surface area contributed by atoms with Crippen LogP contribution in [0.2, 0.25) is 0 Å². The molecule has 1 rings (SSSR count). The SMILES string of the molecule is COc1cc(NC(=O)CC(C)C)ccc1NC(C)=O. The zero-order valence-electron chi connectivity index (χ0n) is 11.7. The van der Waals surface area contributed by atoms with E-state index < -0.39 is 0 Å². The lowest BCUT2D eigenvalue weighted by atomic mass is 10.1. The van der Waals surface area contributed by atoms with Gasteiger partial charge in [0.2, 0.25) is 11.8 Å². The summed E-state index contributed by atoms with van der Waals surface area (Å²) >= 11 is 0. The predicted molar refractivity (Wildman–Crippen MR) is 75.4 cm³/mol. The number of hydrogen-bond donors (Lipinski definition) is 2. The van der Waals surface area contributed by atoms with Crippen molar-refractivity contribution >= 4 is 23.2 Å². The molecule has 104 valence electrons. The zero-order chi connectivity index (χ0) is 14.4. The Bertz CT molecular complexity index is 470. The molecule has 1 aromatic carbocycles. The summed E-state index contributed by atoms with van der Waals surface area (Å²) in [5, 5.41) is 5.46. The summed E-state index contributed by atoms with van der Waals surface area (Å²) in [6, 6.07) is 5.11. The van der Waals surface area contributed by atoms with E-state index >= 15 is 0 Å². The number of rotatable bonds is 5. The molecule has 19 heavy (non-hydrogen) atoms. The molecule has 0 fully saturated rings. The molecule has 0 aliphatic rings. The van der Waals surface area contributed by atoms with E-state index in [2.05, 4.69) is 10.6 Å². The second kappa shape index (κ2) is 6.78. The molecule has 0 aliphatic heterocycles. The lowest BCUT2D eigenvalue weighted by molar-refractivity contribution is -0.117. The molecule has 0 radical (unpaired) electrons. The minimum atomic E-state index is -0.171. The molecule has 0 heterocycles. The highest BCUT2D eigenvalue weighted by atomic mass is 16.5. The summed E-state index contributed by atoms with van der Waals surface area (Å²) in [6.07, 6.45) is 0.468. The number of carbonyl (C=O) groups is 2. The van der Waals surface area contributed by atoms with Crippen molar-refractivity contribution in [1.29, 1.82) is 0 Å². The van der Waals surface area contributed by atoms with Crippen LogP contribution in [0.3, 0.4) is 0 Å². The Labute approximate surface area is 113 Å². The van der Waals surface area contributed by atoms with E-state index in [0.29, 0.717) is 29.5 Å². The van der Waals surface area contributed by atoms with Crippen molar-refractivity contribution in [2.45, 2.75) is 27.2 Å². The van der Waals surface area contributed by atoms with Crippen molar-refractivity contribution in [3.05, 3.63) is 18.2 Å². The maximum atomic E-state index is 11.7. The van der Waals surface area contributed by atoms with Crippen LogP contribution in [0.1, 0.15) is 27.2 Å². The standard InChI is InChI=1S/C14H20N2O3/c1-9(2)7-14(18)16-11-5-6-12(15-10(3)17)13(8-11)19-4/h5-6,8-9H,7H2,1-4H3,(H,15,17)(H,16,18). The van der Waals surface area contributed by atoms with Crippen LogP contribution in [0.15, 0.2) is 18.2 Å². The van der Waals surface area contributed by atoms with Crippen LogP contribution in [0, 0.1) is 5.92 Å². The normalized spacial score (nSPS) is 10.2. The lowest BCUT2D eigenvalue weighted by Crippen LogP contribution is -2.14. The van der Waals surface area contributed by atoms with Crippen molar-refractivity contribution in [2.75, 3.05) is 17.7 Å². The van der Waals surface area contributed by atoms with Gasteiger partial charge in [0, 0.05) is 25.1 Å². The maximum Gasteiger partial charge on any atom is 0.224 e. The molecule has 0 aliphatic carbocycles. The first-order valence-electron chi connectivity index (χ1n) is 6.18. The number of nitrogens with one attached hydrogen (secondary N) is 2. The Morgan fingerprint density at radius 3 is 2.47 bits per heavy atom. The van der Waals surface area contributed by atoms with Gasteiger partial charge in [-0.2, -0.15) is 0 Å². The van der Waals surface area contributed by atoms with Gasteiger partial charge in [0.05, 0.1) is 12.8 Å². The van der Waals surface area contributed by atoms with Crippen LogP contribution < -0.4 is 15.4 Å². The maximum absolute atomic E-state index is 11.7. The van der Waals surface area contributed by atoms with Gasteiger partial charge in [-0.1, -0.05) is 13.8 Å². The Morgan fingerprint density at radius 1 is 1.26 bits per heavy atom. The van der Waals surface area contributed by atoms with Crippen LogP contribution >= 0.6 is 0 Å². The average Bonchev–Trinajstić information content (AvgIpc) is 2.29. The Kier molecular flexibility index (Phi) is 5.36. The summed E-state index contributed by atoms with van der Waals surface area (Å²) in [7, 11) is 1.51. The zero-order valence-corrected chi connectivity index (χ0v) is 11.7. The van der Waals surface area contributed by atoms with E-state index in [0.717, 1.165) is 0 Å². The molecule has 2 N–H and O–H groups in total. The molecule has 0 spiro atoms. The minimum absolute atomic E-state index is 0.0377. The summed E-state index contributed by atoms with van der Waals surface area (Å²) in [5.41, 5.74) is 1.23. The van der Waals surface area contributed by atoms with Gasteiger partial charge >= 0.3 is 0 Å². The number of hydrogen-bond acceptors (Lipinski definition) is 3. The minimum Gasteiger partial charge on any atom is -0.494 e. The highest BCUT2D eigenvalue weighted by Gasteiger charge is 2.09. The van der Waals surface area contributed by atoms with Gasteiger partial charge in [0.15, 0.2) is 0 Å². The predicted octanol–water partition coefficient (Wildman–Crippen LogP) is 2.64. The summed E-state index contributed by atoms with van der Waals surface area (Å²) in [5.74, 6) is 0.609. The third kappa shape index (κ3) is 4.99. The highest BCUT2D eigenvalue weighted by molar-refractivity contribution is 5.93. The first kappa shape index (κ1) is 15.0. The molecule has 1 aromatic rings. The van der Waals surface area contributed by atoms with Gasteiger partial charge in [0.25, 0.3) is 0 Å². The van der Waals surface area contributed by atoms with Crippen LogP contribution in [0.4, 0.5) is 11.4 Å². The highest BCUT2D eigenvalue weighted by Crippen LogP contribution is 2.28. The second-order valence-electron chi connectivity index (χ2n) is 4.74. The summed E-state index contributed by atoms with van der Waals surface area (Å²) < 4.78 is 5.18. The smallest absolute Gasteiger partial charge is 0.224 e. The van der Waals surface area contributed by atoms with Crippen molar-refractivity contribution in [2.24, 2.45) is 5.92 Å². The molecular formula is C14H20N2O3. The molecule has 0 saturated carbocycles. The molecule has 0 aromatic heterocycles. The van der Waals surface area contributed by atoms with E-state index in [1.54, 1.807) is 18.2 Å². The van der Waals surface area contributed by atoms with Gasteiger partial charge in [-0.15, -0.1) is 0 Å². The molecule has 0 bridgehead atoms. The second-order valence-corrected chi connectivity index (χ2v) is 4.74. The van der Waals surface area contributed by atoms with E-state index in [-0.39, 0.29) is 11.8 Å². The van der Waals surface area contributed by atoms with Gasteiger partial charge in [-0.3, -0.25) is 9.59 Å².